The zero-order valence-electron chi connectivity index (χ0n) is 16.6. The standard InChI is InChI=1S/C24H26N2O3/c1-18(25-17-23(27)28)26-24(19-11-5-3-6-12-19,20-13-7-4-8-14-20)21-15-9-10-16-22(21)29-2/h3-16,18,25-26H,17H2,1-2H3,(H,27,28). The maximum Gasteiger partial charge on any atom is 0.317 e. The first kappa shape index (κ1) is 20.6. The molecule has 29 heavy (non-hydrogen) atoms. The molecule has 0 saturated heterocycles. The van der Waals surface area contributed by atoms with E-state index in [0.717, 1.165) is 22.4 Å². The molecule has 5 heteroatoms. The van der Waals surface area contributed by atoms with Crippen molar-refractivity contribution in [3.05, 3.63) is 102 Å². The van der Waals surface area contributed by atoms with Crippen molar-refractivity contribution >= 4 is 5.97 Å². The summed E-state index contributed by atoms with van der Waals surface area (Å²) in [7, 11) is 1.66. The van der Waals surface area contributed by atoms with E-state index in [2.05, 4.69) is 34.9 Å². The lowest BCUT2D eigenvalue weighted by Gasteiger charge is -2.40. The summed E-state index contributed by atoms with van der Waals surface area (Å²) in [5, 5.41) is 15.8. The molecule has 3 rings (SSSR count). The van der Waals surface area contributed by atoms with Gasteiger partial charge in [0, 0.05) is 5.56 Å². The van der Waals surface area contributed by atoms with Crippen molar-refractivity contribution in [1.82, 2.24) is 10.6 Å². The summed E-state index contributed by atoms with van der Waals surface area (Å²) in [5.74, 6) is -0.154. The number of para-hydroxylation sites is 1. The van der Waals surface area contributed by atoms with E-state index >= 15 is 0 Å². The van der Waals surface area contributed by atoms with Gasteiger partial charge in [0.2, 0.25) is 0 Å². The third-order valence-electron chi connectivity index (χ3n) is 4.92. The summed E-state index contributed by atoms with van der Waals surface area (Å²) in [6, 6.07) is 28.1. The third-order valence-corrected chi connectivity index (χ3v) is 4.92. The van der Waals surface area contributed by atoms with Gasteiger partial charge in [-0.25, -0.2) is 0 Å². The molecule has 5 nitrogen and oxygen atoms in total. The molecule has 0 amide bonds. The molecular formula is C24H26N2O3. The highest BCUT2D eigenvalue weighted by Crippen LogP contribution is 2.41. The number of carbonyl (C=O) groups is 1. The zero-order chi connectivity index (χ0) is 20.7. The third kappa shape index (κ3) is 4.47. The van der Waals surface area contributed by atoms with Crippen LogP contribution in [-0.2, 0) is 10.3 Å². The zero-order valence-corrected chi connectivity index (χ0v) is 16.6. The molecule has 1 atom stereocenters. The Hall–Kier alpha value is -3.15. The lowest BCUT2D eigenvalue weighted by Crippen LogP contribution is -2.54. The van der Waals surface area contributed by atoms with Gasteiger partial charge < -0.3 is 9.84 Å². The van der Waals surface area contributed by atoms with E-state index in [9.17, 15) is 4.79 Å². The van der Waals surface area contributed by atoms with Crippen LogP contribution in [0.3, 0.4) is 0 Å². The van der Waals surface area contributed by atoms with Gasteiger partial charge in [0.15, 0.2) is 0 Å². The van der Waals surface area contributed by atoms with E-state index in [1.54, 1.807) is 7.11 Å². The summed E-state index contributed by atoms with van der Waals surface area (Å²) >= 11 is 0. The second-order valence-corrected chi connectivity index (χ2v) is 6.82. The van der Waals surface area contributed by atoms with Gasteiger partial charge in [-0.05, 0) is 24.1 Å². The Morgan fingerprint density at radius 1 is 0.931 bits per heavy atom. The van der Waals surface area contributed by atoms with Gasteiger partial charge in [-0.2, -0.15) is 0 Å². The largest absolute Gasteiger partial charge is 0.496 e. The van der Waals surface area contributed by atoms with Crippen LogP contribution in [0.1, 0.15) is 23.6 Å². The van der Waals surface area contributed by atoms with Crippen molar-refractivity contribution in [2.24, 2.45) is 0 Å². The minimum atomic E-state index is -0.902. The lowest BCUT2D eigenvalue weighted by atomic mass is 9.76. The molecule has 3 N–H and O–H groups in total. The number of ether oxygens (including phenoxy) is 1. The topological polar surface area (TPSA) is 70.6 Å². The van der Waals surface area contributed by atoms with Crippen LogP contribution in [0, 0.1) is 0 Å². The Labute approximate surface area is 171 Å². The number of benzene rings is 3. The summed E-state index contributed by atoms with van der Waals surface area (Å²) in [4.78, 5) is 11.1. The molecule has 0 fully saturated rings. The molecule has 3 aromatic carbocycles. The van der Waals surface area contributed by atoms with Crippen molar-refractivity contribution in [1.29, 1.82) is 0 Å². The van der Waals surface area contributed by atoms with E-state index in [-0.39, 0.29) is 12.7 Å². The minimum Gasteiger partial charge on any atom is -0.496 e. The number of hydrogen-bond donors (Lipinski definition) is 3. The highest BCUT2D eigenvalue weighted by molar-refractivity contribution is 5.69. The average Bonchev–Trinajstić information content (AvgIpc) is 2.77. The molecular weight excluding hydrogens is 364 g/mol. The van der Waals surface area contributed by atoms with Gasteiger partial charge in [-0.1, -0.05) is 78.9 Å². The van der Waals surface area contributed by atoms with Crippen molar-refractivity contribution in [2.45, 2.75) is 18.6 Å². The van der Waals surface area contributed by atoms with Crippen LogP contribution in [0.15, 0.2) is 84.9 Å². The maximum absolute atomic E-state index is 11.1. The quantitative estimate of drug-likeness (QED) is 0.385. The fourth-order valence-corrected chi connectivity index (χ4v) is 3.67. The van der Waals surface area contributed by atoms with Gasteiger partial charge in [-0.15, -0.1) is 0 Å². The Bertz CT molecular complexity index is 890. The second kappa shape index (κ2) is 9.37. The SMILES string of the molecule is COc1ccccc1C(NC(C)NCC(=O)O)(c1ccccc1)c1ccccc1. The van der Waals surface area contributed by atoms with Crippen LogP contribution < -0.4 is 15.4 Å². The average molecular weight is 390 g/mol. The summed E-state index contributed by atoms with van der Waals surface area (Å²) in [6.07, 6.45) is -0.295. The van der Waals surface area contributed by atoms with Gasteiger partial charge in [-0.3, -0.25) is 15.4 Å². The van der Waals surface area contributed by atoms with E-state index in [0.29, 0.717) is 0 Å². The first-order valence-corrected chi connectivity index (χ1v) is 9.55. The monoisotopic (exact) mass is 390 g/mol. The first-order valence-electron chi connectivity index (χ1n) is 9.55. The Kier molecular flexibility index (Phi) is 6.65. The van der Waals surface area contributed by atoms with Gasteiger partial charge in [0.25, 0.3) is 0 Å². The summed E-state index contributed by atoms with van der Waals surface area (Å²) in [6.45, 7) is 1.78. The van der Waals surface area contributed by atoms with Crippen molar-refractivity contribution < 1.29 is 14.6 Å². The number of hydrogen-bond acceptors (Lipinski definition) is 4. The Morgan fingerprint density at radius 2 is 1.45 bits per heavy atom. The smallest absolute Gasteiger partial charge is 0.317 e. The maximum atomic E-state index is 11.1. The second-order valence-electron chi connectivity index (χ2n) is 6.82. The molecule has 0 aliphatic heterocycles. The fraction of sp³-hybridized carbons (Fsp3) is 0.208. The van der Waals surface area contributed by atoms with Crippen LogP contribution >= 0.6 is 0 Å². The molecule has 0 aliphatic carbocycles. The number of nitrogens with one attached hydrogen (secondary N) is 2. The molecule has 0 heterocycles. The van der Waals surface area contributed by atoms with Crippen LogP contribution in [0.25, 0.3) is 0 Å². The van der Waals surface area contributed by atoms with E-state index < -0.39 is 11.5 Å². The van der Waals surface area contributed by atoms with E-state index in [1.165, 1.54) is 0 Å². The predicted molar refractivity (Wildman–Crippen MR) is 114 cm³/mol. The van der Waals surface area contributed by atoms with Crippen LogP contribution in [0.2, 0.25) is 0 Å². The van der Waals surface area contributed by atoms with Gasteiger partial charge in [0.1, 0.15) is 5.75 Å². The first-order chi connectivity index (χ1) is 14.1. The van der Waals surface area contributed by atoms with Gasteiger partial charge in [0.05, 0.1) is 25.4 Å². The van der Waals surface area contributed by atoms with Crippen molar-refractivity contribution in [3.63, 3.8) is 0 Å². The number of carboxylic acids is 1. The molecule has 150 valence electrons. The molecule has 3 aromatic rings. The fourth-order valence-electron chi connectivity index (χ4n) is 3.67. The highest BCUT2D eigenvalue weighted by atomic mass is 16.5. The molecule has 0 spiro atoms. The number of carboxylic acid groups (broad SMARTS) is 1. The molecule has 1 unspecified atom stereocenters. The molecule has 0 aliphatic rings. The molecule has 0 bridgehead atoms. The number of aliphatic carboxylic acids is 1. The molecule has 0 aromatic heterocycles. The van der Waals surface area contributed by atoms with Crippen molar-refractivity contribution in [2.75, 3.05) is 13.7 Å². The summed E-state index contributed by atoms with van der Waals surface area (Å²) in [5.41, 5.74) is 2.25. The number of rotatable bonds is 9. The van der Waals surface area contributed by atoms with Crippen molar-refractivity contribution in [3.8, 4) is 5.75 Å². The van der Waals surface area contributed by atoms with Gasteiger partial charge >= 0.3 is 5.97 Å². The number of methoxy groups -OCH3 is 1. The highest BCUT2D eigenvalue weighted by Gasteiger charge is 2.39. The lowest BCUT2D eigenvalue weighted by molar-refractivity contribution is -0.136. The molecule has 0 radical (unpaired) electrons. The predicted octanol–water partition coefficient (Wildman–Crippen LogP) is 3.60. The van der Waals surface area contributed by atoms with Crippen LogP contribution in [-0.4, -0.2) is 30.9 Å². The minimum absolute atomic E-state index is 0.139. The Balaban J connectivity index is 2.23. The van der Waals surface area contributed by atoms with Crippen LogP contribution in [0.4, 0.5) is 0 Å². The van der Waals surface area contributed by atoms with E-state index in [4.69, 9.17) is 9.84 Å². The van der Waals surface area contributed by atoms with E-state index in [1.807, 2.05) is 67.6 Å². The van der Waals surface area contributed by atoms with Crippen LogP contribution in [0.5, 0.6) is 5.75 Å². The summed E-state index contributed by atoms with van der Waals surface area (Å²) < 4.78 is 5.72. The normalized spacial score (nSPS) is 12.3. The molecule has 0 saturated carbocycles. The Morgan fingerprint density at radius 3 is 1.97 bits per heavy atom.